The van der Waals surface area contributed by atoms with Crippen molar-refractivity contribution in [2.75, 3.05) is 59.3 Å². The summed E-state index contributed by atoms with van der Waals surface area (Å²) in [5, 5.41) is 31.4. The van der Waals surface area contributed by atoms with Gasteiger partial charge in [-0.3, -0.25) is 19.2 Å². The molecule has 10 atom stereocenters. The topological polar surface area (TPSA) is 325 Å². The van der Waals surface area contributed by atoms with Gasteiger partial charge in [0, 0.05) is 115 Å². The number of thioether (sulfide) groups is 2. The van der Waals surface area contributed by atoms with Crippen LogP contribution in [0.5, 0.6) is 0 Å². The maximum absolute atomic E-state index is 13.2. The number of aliphatic imine (C=N–C) groups is 3. The van der Waals surface area contributed by atoms with Crippen LogP contribution >= 0.6 is 109 Å². The highest BCUT2D eigenvalue weighted by Crippen LogP contribution is 2.55. The maximum Gasteiger partial charge on any atom is 0.407 e. The quantitative estimate of drug-likeness (QED) is 0.00259. The summed E-state index contributed by atoms with van der Waals surface area (Å²) in [6.07, 6.45) is 26.2. The minimum Gasteiger partial charge on any atom is -0.466 e. The van der Waals surface area contributed by atoms with Crippen LogP contribution in [0.15, 0.2) is 219 Å². The highest BCUT2D eigenvalue weighted by atomic mass is 32.2. The van der Waals surface area contributed by atoms with Gasteiger partial charge in [-0.1, -0.05) is 178 Å². The van der Waals surface area contributed by atoms with Crippen LogP contribution in [0, 0.1) is 77.5 Å². The number of nitriles is 1. The van der Waals surface area contributed by atoms with Gasteiger partial charge < -0.3 is 44.5 Å². The molecule has 0 aliphatic heterocycles. The fraction of sp³-hybridized carbons (Fsp3) is 0.596. The van der Waals surface area contributed by atoms with Gasteiger partial charge in [0.1, 0.15) is 6.61 Å². The second kappa shape index (κ2) is 62.4. The third-order valence-electron chi connectivity index (χ3n) is 26.4. The Kier molecular flexibility index (Phi) is 55.2. The number of nitrogens with one attached hydrogen (secondary N) is 2. The monoisotopic (exact) mass is 2160 g/mol. The summed E-state index contributed by atoms with van der Waals surface area (Å²) in [5.41, 5.74) is -0.219. The smallest absolute Gasteiger partial charge is 0.407 e. The largest absolute Gasteiger partial charge is 0.466 e. The first-order valence-corrected chi connectivity index (χ1v) is 55.7. The van der Waals surface area contributed by atoms with Crippen molar-refractivity contribution in [1.82, 2.24) is 10.6 Å². The van der Waals surface area contributed by atoms with Crippen molar-refractivity contribution >= 4 is 162 Å². The molecule has 0 aromatic heterocycles. The van der Waals surface area contributed by atoms with Gasteiger partial charge in [-0.15, -0.1) is 50.5 Å². The molecule has 5 fully saturated rings. The summed E-state index contributed by atoms with van der Waals surface area (Å²) >= 11 is 24.9. The van der Waals surface area contributed by atoms with E-state index in [0.29, 0.717) is 77.7 Å². The van der Waals surface area contributed by atoms with Crippen LogP contribution in [0.3, 0.4) is 0 Å². The van der Waals surface area contributed by atoms with Crippen molar-refractivity contribution in [3.63, 3.8) is 0 Å². The lowest BCUT2D eigenvalue weighted by Crippen LogP contribution is -2.48. The van der Waals surface area contributed by atoms with E-state index in [4.69, 9.17) is 39.2 Å². The van der Waals surface area contributed by atoms with E-state index in [9.17, 15) is 43.2 Å². The number of aliphatic hydroxyl groups excluding tert-OH is 2. The van der Waals surface area contributed by atoms with Gasteiger partial charge in [0.05, 0.1) is 45.6 Å². The number of carbonyl (C=O) groups excluding carboxylic acids is 9. The van der Waals surface area contributed by atoms with Gasteiger partial charge in [-0.05, 0) is 354 Å². The third kappa shape index (κ3) is 51.3. The Balaban J connectivity index is 0.000000396. The van der Waals surface area contributed by atoms with E-state index < -0.39 is 12.2 Å². The van der Waals surface area contributed by atoms with E-state index >= 15 is 0 Å². The lowest BCUT2D eigenvalue weighted by molar-refractivity contribution is -0.147. The molecule has 0 saturated heterocycles. The second-order valence-corrected chi connectivity index (χ2v) is 52.9. The minimum absolute atomic E-state index is 0. The molecule has 145 heavy (non-hydrogen) atoms. The normalized spacial score (nSPS) is 23.1. The number of thiol groups is 4. The zero-order valence-electron chi connectivity index (χ0n) is 86.4. The molecule has 0 heterocycles. The summed E-state index contributed by atoms with van der Waals surface area (Å²) in [5.74, 6) is -0.00885. The molecule has 10 unspecified atom stereocenters. The standard InChI is InChI=1S/C55H69NO6S6.C29H47N3O6.C12H18N2O2.C12H10S3.C4H10O2.2CH4/c1-52(2)32-38(33-54(5,36-52)27-25-49(58)67-46-21-17-44(18-22-46)65-42-13-9-40(63)10-14-42)31-48(57)61-29-7-8-30-62-51(60)56-39-34-53(3,4)37-55(6,35-39)28-26-50(59)68-47-23-19-45(20-24-47)66-43-15-11-41(64)12-16-43;1-26(2)12-22(13-28(5,16-26)18-31-21-33)11-24(34)37-9-7-8-10-38-25(35)32-23-14-27(3,4)17-29(6,15-23)19-36-20-30;1-11(2)4-10(14-9-16)5-12(3,6-11)7-13-8-15;13-9-1-5-11(6-2-9)15-12-7-3-10(14)4-8-12;5-3-1-2-4-6;;/h9-24,38-39,63-64H,7-8,25-37H2,1-6H3,(H,56,60);22-23H,7-19H2,1-6H3,(H,32,35);10H,4-7H2,1-3H3;1-8,13-14H;5-6H,1-4H2;2*1H4. The molecule has 11 rings (SSSR count). The van der Waals surface area contributed by atoms with Crippen molar-refractivity contribution < 1.29 is 77.0 Å². The van der Waals surface area contributed by atoms with Crippen LogP contribution in [-0.2, 0) is 57.2 Å². The zero-order chi connectivity index (χ0) is 105. The first-order chi connectivity index (χ1) is 67.4. The number of isocyanates is 3. The summed E-state index contributed by atoms with van der Waals surface area (Å²) < 4.78 is 27.1. The lowest BCUT2D eigenvalue weighted by Gasteiger charge is -2.47. The van der Waals surface area contributed by atoms with E-state index in [-0.39, 0.29) is 154 Å². The van der Waals surface area contributed by atoms with E-state index in [1.54, 1.807) is 59.8 Å². The number of benzene rings is 6. The number of ether oxygens (including phenoxy) is 5. The molecule has 5 aliphatic rings. The fourth-order valence-corrected chi connectivity index (χ4v) is 27.2. The molecule has 6 aromatic carbocycles. The number of nitrogens with zero attached hydrogens (tertiary/aromatic N) is 4. The summed E-state index contributed by atoms with van der Waals surface area (Å²) in [6.45, 7) is 35.5. The minimum atomic E-state index is -0.449. The van der Waals surface area contributed by atoms with Crippen LogP contribution in [-0.4, -0.2) is 140 Å². The van der Waals surface area contributed by atoms with Crippen LogP contribution in [0.1, 0.15) is 292 Å². The number of amides is 2. The second-order valence-electron chi connectivity index (χ2n) is 45.1. The van der Waals surface area contributed by atoms with Crippen LogP contribution in [0.2, 0.25) is 0 Å². The van der Waals surface area contributed by atoms with Crippen molar-refractivity contribution in [2.45, 2.75) is 369 Å². The van der Waals surface area contributed by atoms with E-state index in [1.165, 1.54) is 33.3 Å². The Hall–Kier alpha value is -7.36. The van der Waals surface area contributed by atoms with Gasteiger partial charge in [0.25, 0.3) is 6.26 Å². The molecule has 31 heteroatoms. The van der Waals surface area contributed by atoms with Gasteiger partial charge in [0.2, 0.25) is 18.2 Å². The predicted molar refractivity (Wildman–Crippen MR) is 598 cm³/mol. The highest BCUT2D eigenvalue weighted by molar-refractivity contribution is 8.14. The van der Waals surface area contributed by atoms with Gasteiger partial charge in [0.15, 0.2) is 10.2 Å². The van der Waals surface area contributed by atoms with Gasteiger partial charge >= 0.3 is 24.1 Å². The number of unbranched alkanes of at least 4 members (excludes halogenated alkanes) is 3. The molecule has 2 amide bonds. The molecule has 22 nitrogen and oxygen atoms in total. The van der Waals surface area contributed by atoms with Crippen LogP contribution in [0.25, 0.3) is 0 Å². The third-order valence-corrected chi connectivity index (χ3v) is 32.5. The Morgan fingerprint density at radius 2 is 0.662 bits per heavy atom. The molecule has 0 spiro atoms. The average molecular weight is 2160 g/mol. The molecule has 5 aliphatic carbocycles. The van der Waals surface area contributed by atoms with Crippen molar-refractivity contribution in [3.8, 4) is 6.26 Å². The van der Waals surface area contributed by atoms with Crippen LogP contribution in [0.4, 0.5) is 9.59 Å². The van der Waals surface area contributed by atoms with E-state index in [0.717, 1.165) is 171 Å². The predicted octanol–water partition coefficient (Wildman–Crippen LogP) is 29.3. The number of aliphatic hydroxyl groups is 2. The fourth-order valence-electron chi connectivity index (χ4n) is 22.7. The number of rotatable bonds is 40. The van der Waals surface area contributed by atoms with Crippen molar-refractivity contribution in [2.24, 2.45) is 81.0 Å². The van der Waals surface area contributed by atoms with Crippen LogP contribution < -0.4 is 10.6 Å². The Morgan fingerprint density at radius 3 is 1.00 bits per heavy atom. The van der Waals surface area contributed by atoms with Gasteiger partial charge in [-0.2, -0.15) is 5.26 Å². The Bertz CT molecular complexity index is 4980. The average Bonchev–Trinajstić information content (AvgIpc) is 0.815. The number of alkyl carbamates (subject to hydrolysis) is 2. The van der Waals surface area contributed by atoms with Crippen molar-refractivity contribution in [1.29, 1.82) is 5.26 Å². The highest BCUT2D eigenvalue weighted by Gasteiger charge is 2.47. The molecular weight excluding hydrogens is 2000 g/mol. The SMILES string of the molecule is C.C.CC1(C)CC(CC(=O)OCCCCOC(=O)NC2CC(C)(C)CC(C)(CCC(=O)Sc3ccc(Sc4ccc(S)cc4)cc3)C2)CC(C)(CCC(=O)Sc2ccc(Sc3ccc(S)cc3)cc2)C1.CC1(C)CC(CC(=O)OCCCCOC(=O)NC2CC(C)(C)CC(C)(COC#N)C2)CC(C)(CN=C=O)C1.CC1(C)CC(N=C=O)CC(C)(CN=C=O)C1.OCCCCO.Sc1ccc(Sc2ccc(S)cc2)cc1. The number of carbonyl (C=O) groups is 6. The first-order valence-electron chi connectivity index (χ1n) is 49.8. The Morgan fingerprint density at radius 1 is 0.372 bits per heavy atom. The number of hydrogen-bond donors (Lipinski definition) is 8. The summed E-state index contributed by atoms with van der Waals surface area (Å²) in [7, 11) is 0. The zero-order valence-corrected chi connectivity index (χ0v) is 94.1. The Labute approximate surface area is 908 Å². The molecule has 798 valence electrons. The van der Waals surface area contributed by atoms with E-state index in [1.807, 2.05) is 72.8 Å². The van der Waals surface area contributed by atoms with Crippen molar-refractivity contribution in [3.05, 3.63) is 146 Å². The van der Waals surface area contributed by atoms with Gasteiger partial charge in [-0.25, -0.2) is 38.9 Å². The number of hydrogen-bond acceptors (Lipinski definition) is 29. The molecule has 0 radical (unpaired) electrons. The lowest BCUT2D eigenvalue weighted by atomic mass is 9.59. The maximum atomic E-state index is 13.2. The number of esters is 2. The molecule has 4 N–H and O–H groups in total. The first kappa shape index (κ1) is 128. The molecule has 6 aromatic rings. The summed E-state index contributed by atoms with van der Waals surface area (Å²) in [6, 6.07) is 48.6. The molecular formula is C114H162N6O16S9. The molecule has 5 saturated carbocycles. The van der Waals surface area contributed by atoms with E-state index in [2.05, 4.69) is 253 Å². The summed E-state index contributed by atoms with van der Waals surface area (Å²) in [4.78, 5) is 132. The molecule has 0 bridgehead atoms.